The van der Waals surface area contributed by atoms with E-state index in [1.54, 1.807) is 11.1 Å². The van der Waals surface area contributed by atoms with Crippen LogP contribution in [-0.2, 0) is 20.8 Å². The first kappa shape index (κ1) is 25.7. The second-order valence-corrected chi connectivity index (χ2v) is 17.9. The van der Waals surface area contributed by atoms with Crippen molar-refractivity contribution in [3.05, 3.63) is 60.4 Å². The Morgan fingerprint density at radius 3 is 1.15 bits per heavy atom. The van der Waals surface area contributed by atoms with E-state index in [-0.39, 0.29) is 10.8 Å². The number of halogens is 2. The molecule has 2 saturated carbocycles. The van der Waals surface area contributed by atoms with Gasteiger partial charge in [0.1, 0.15) is 0 Å². The van der Waals surface area contributed by atoms with Gasteiger partial charge in [-0.2, -0.15) is 0 Å². The molecule has 2 aliphatic rings. The van der Waals surface area contributed by atoms with E-state index in [2.05, 4.69) is 94.2 Å². The third-order valence-electron chi connectivity index (χ3n) is 5.27. The van der Waals surface area contributed by atoms with E-state index in [0.29, 0.717) is 0 Å². The van der Waals surface area contributed by atoms with Crippen LogP contribution >= 0.6 is 17.0 Å². The molecule has 26 heavy (non-hydrogen) atoms. The van der Waals surface area contributed by atoms with Gasteiger partial charge < -0.3 is 0 Å². The predicted octanol–water partition coefficient (Wildman–Crippen LogP) is 7.57. The average molecular weight is 489 g/mol. The van der Waals surface area contributed by atoms with Crippen LogP contribution in [0, 0.1) is 71.3 Å². The van der Waals surface area contributed by atoms with Crippen molar-refractivity contribution in [3.8, 4) is 0 Å². The van der Waals surface area contributed by atoms with Gasteiger partial charge in [0.2, 0.25) is 0 Å². The van der Waals surface area contributed by atoms with E-state index in [9.17, 15) is 0 Å². The summed E-state index contributed by atoms with van der Waals surface area (Å²) < 4.78 is 0. The molecule has 142 valence electrons. The Morgan fingerprint density at radius 1 is 0.692 bits per heavy atom. The van der Waals surface area contributed by atoms with Gasteiger partial charge in [0.25, 0.3) is 0 Å². The summed E-state index contributed by atoms with van der Waals surface area (Å²) in [6, 6.07) is 0. The second-order valence-electron chi connectivity index (χ2n) is 9.88. The molecule has 0 aromatic rings. The monoisotopic (exact) mass is 486 g/mol. The third kappa shape index (κ3) is 6.34. The van der Waals surface area contributed by atoms with Crippen LogP contribution in [0.2, 0.25) is 13.1 Å². The Hall–Kier alpha value is 1.68. The molecule has 10 radical (unpaired) electrons. The van der Waals surface area contributed by atoms with E-state index in [4.69, 9.17) is 17.0 Å². The minimum absolute atomic E-state index is 0.227. The minimum atomic E-state index is -1.66. The zero-order chi connectivity index (χ0) is 20.5. The summed E-state index contributed by atoms with van der Waals surface area (Å²) in [5.41, 5.74) is 3.67. The quantitative estimate of drug-likeness (QED) is 0.352. The summed E-state index contributed by atoms with van der Waals surface area (Å²) in [5.74, 6) is 5.91. The zero-order valence-corrected chi connectivity index (χ0v) is 23.0. The van der Waals surface area contributed by atoms with Crippen molar-refractivity contribution in [2.45, 2.75) is 68.5 Å². The summed E-state index contributed by atoms with van der Waals surface area (Å²) in [6.07, 6.45) is 9.80. The molecule has 0 nitrogen and oxygen atoms in total. The van der Waals surface area contributed by atoms with E-state index < -0.39 is 28.9 Å². The van der Waals surface area contributed by atoms with E-state index in [0.717, 1.165) is 0 Å². The first-order valence-corrected chi connectivity index (χ1v) is 18.5. The van der Waals surface area contributed by atoms with Crippen LogP contribution in [0.1, 0.15) is 55.4 Å². The summed E-state index contributed by atoms with van der Waals surface area (Å²) in [7, 11) is 8.21. The van der Waals surface area contributed by atoms with Gasteiger partial charge in [0.15, 0.2) is 0 Å². The molecule has 0 heterocycles. The van der Waals surface area contributed by atoms with Gasteiger partial charge >= 0.3 is 37.9 Å². The molecule has 0 bridgehead atoms. The fourth-order valence-electron chi connectivity index (χ4n) is 3.60. The zero-order valence-electron chi connectivity index (χ0n) is 18.1. The van der Waals surface area contributed by atoms with Crippen molar-refractivity contribution in [1.82, 2.24) is 0 Å². The Bertz CT molecular complexity index is 400. The Morgan fingerprint density at radius 2 is 0.962 bits per heavy atom. The molecular formula is C22H34Cl2SiZr+2. The number of rotatable bonds is 2. The van der Waals surface area contributed by atoms with Crippen molar-refractivity contribution in [2.24, 2.45) is 10.8 Å². The molecule has 2 fully saturated rings. The maximum atomic E-state index is 4.93. The van der Waals surface area contributed by atoms with Crippen LogP contribution in [0.25, 0.3) is 0 Å². The van der Waals surface area contributed by atoms with Gasteiger partial charge in [-0.3, -0.25) is 0 Å². The van der Waals surface area contributed by atoms with Crippen molar-refractivity contribution in [1.29, 1.82) is 0 Å². The standard InChI is InChI=1S/C22H34Si.2ClH.Zr/c1-15-11-17(21(3,4)5)13-19(15)23(9,10)20-14-18(12-16(20)2)22(6,7)8;;;/h11-14H,1-10H3;2*1H;/q;;;+4/p-2. The molecule has 0 amide bonds. The van der Waals surface area contributed by atoms with Gasteiger partial charge in [-0.05, 0) is 71.3 Å². The topological polar surface area (TPSA) is 0 Å². The van der Waals surface area contributed by atoms with Crippen molar-refractivity contribution < 1.29 is 20.8 Å². The first-order chi connectivity index (χ1) is 11.7. The first-order valence-electron chi connectivity index (χ1n) is 9.19. The number of hydrogen-bond acceptors (Lipinski definition) is 0. The fraction of sp³-hybridized carbons (Fsp3) is 0.545. The van der Waals surface area contributed by atoms with Crippen molar-refractivity contribution >= 4 is 25.1 Å². The Labute approximate surface area is 184 Å². The number of hydrogen-bond donors (Lipinski definition) is 0. The summed E-state index contributed by atoms with van der Waals surface area (Å²) >= 11 is -0.826. The van der Waals surface area contributed by atoms with Crippen LogP contribution < -0.4 is 0 Å². The predicted molar refractivity (Wildman–Crippen MR) is 116 cm³/mol. The molecule has 0 aromatic carbocycles. The normalized spacial score (nSPS) is 23.2. The Balaban J connectivity index is 0.00000105. The molecular weight excluding hydrogens is 454 g/mol. The molecule has 4 heteroatoms. The van der Waals surface area contributed by atoms with Gasteiger partial charge in [-0.15, -0.1) is 0 Å². The molecule has 0 unspecified atom stereocenters. The Kier molecular flexibility index (Phi) is 9.55. The molecule has 2 rings (SSSR count). The molecule has 0 atom stereocenters. The molecule has 0 aromatic heterocycles. The van der Waals surface area contributed by atoms with Crippen LogP contribution in [0.5, 0.6) is 0 Å². The molecule has 2 aliphatic carbocycles. The third-order valence-corrected chi connectivity index (χ3v) is 9.04. The van der Waals surface area contributed by atoms with E-state index in [1.165, 1.54) is 23.7 Å². The summed E-state index contributed by atoms with van der Waals surface area (Å²) in [6.45, 7) is 23.5. The SMILES string of the molecule is C[C]1[CH][C](C(C)(C)C)[CH][C]1[Si](C)(C)[C]1[CH][C](C(C)(C)C)[CH][C]1C.[Cl][Zr+2][Cl]. The summed E-state index contributed by atoms with van der Waals surface area (Å²) in [4.78, 5) is 0. The van der Waals surface area contributed by atoms with Crippen LogP contribution in [0.15, 0.2) is 0 Å². The van der Waals surface area contributed by atoms with Crippen LogP contribution in [-0.4, -0.2) is 8.07 Å². The molecule has 0 aliphatic heterocycles. The average Bonchev–Trinajstić information content (AvgIpc) is 3.02. The van der Waals surface area contributed by atoms with Gasteiger partial charge in [0.05, 0.1) is 8.07 Å². The fourth-order valence-corrected chi connectivity index (χ4v) is 7.04. The van der Waals surface area contributed by atoms with E-state index in [1.807, 2.05) is 0 Å². The molecule has 0 saturated heterocycles. The van der Waals surface area contributed by atoms with Gasteiger partial charge in [-0.25, -0.2) is 0 Å². The van der Waals surface area contributed by atoms with Gasteiger partial charge in [-0.1, -0.05) is 68.5 Å². The maximum absolute atomic E-state index is 4.93. The van der Waals surface area contributed by atoms with Crippen molar-refractivity contribution in [3.63, 3.8) is 0 Å². The van der Waals surface area contributed by atoms with Crippen LogP contribution in [0.4, 0.5) is 0 Å². The van der Waals surface area contributed by atoms with Gasteiger partial charge in [0, 0.05) is 0 Å². The van der Waals surface area contributed by atoms with Crippen molar-refractivity contribution in [2.75, 3.05) is 0 Å². The van der Waals surface area contributed by atoms with E-state index >= 15 is 0 Å². The molecule has 0 spiro atoms. The second kappa shape index (κ2) is 9.66. The van der Waals surface area contributed by atoms with Crippen LogP contribution in [0.3, 0.4) is 0 Å². The summed E-state index contributed by atoms with van der Waals surface area (Å²) in [5, 5.41) is 0. The molecule has 0 N–H and O–H groups in total.